The molecule has 2 atom stereocenters. The second kappa shape index (κ2) is 15.0. The van der Waals surface area contributed by atoms with E-state index in [9.17, 15) is 4.79 Å². The molecule has 1 saturated heterocycles. The number of methoxy groups -OCH3 is 2. The molecule has 0 bridgehead atoms. The summed E-state index contributed by atoms with van der Waals surface area (Å²) in [7, 11) is 3.26. The summed E-state index contributed by atoms with van der Waals surface area (Å²) in [4.78, 5) is 15.6. The summed E-state index contributed by atoms with van der Waals surface area (Å²) in [5.74, 6) is 2.16. The Kier molecular flexibility index (Phi) is 11.7. The summed E-state index contributed by atoms with van der Waals surface area (Å²) in [6, 6.07) is 13.4. The fourth-order valence-corrected chi connectivity index (χ4v) is 4.52. The third-order valence-electron chi connectivity index (χ3n) is 6.49. The first-order valence-corrected chi connectivity index (χ1v) is 13.5. The molecule has 1 amide bonds. The van der Waals surface area contributed by atoms with E-state index >= 15 is 0 Å². The van der Waals surface area contributed by atoms with Crippen LogP contribution in [0.3, 0.4) is 0 Å². The van der Waals surface area contributed by atoms with Gasteiger partial charge in [-0.1, -0.05) is 12.1 Å². The Hall–Kier alpha value is -2.81. The first-order chi connectivity index (χ1) is 18.3. The van der Waals surface area contributed by atoms with E-state index in [4.69, 9.17) is 23.7 Å². The van der Waals surface area contributed by atoms with E-state index < -0.39 is 0 Å². The number of nitrogens with zero attached hydrogens (tertiary/aromatic N) is 1. The van der Waals surface area contributed by atoms with Crippen molar-refractivity contribution in [1.29, 1.82) is 0 Å². The maximum atomic E-state index is 13.6. The van der Waals surface area contributed by atoms with Crippen molar-refractivity contribution in [2.75, 3.05) is 47.1 Å². The second-order valence-corrected chi connectivity index (χ2v) is 10.2. The van der Waals surface area contributed by atoms with Crippen molar-refractivity contribution >= 4 is 5.91 Å². The zero-order chi connectivity index (χ0) is 27.5. The molecule has 0 unspecified atom stereocenters. The van der Waals surface area contributed by atoms with E-state index in [-0.39, 0.29) is 30.1 Å². The highest BCUT2D eigenvalue weighted by atomic mass is 16.5. The van der Waals surface area contributed by atoms with E-state index in [1.54, 1.807) is 32.4 Å². The van der Waals surface area contributed by atoms with Crippen molar-refractivity contribution in [1.82, 2.24) is 10.2 Å². The molecule has 0 saturated carbocycles. The predicted octanol–water partition coefficient (Wildman–Crippen LogP) is 4.55. The number of benzene rings is 2. The minimum absolute atomic E-state index is 0.00858. The Bertz CT molecular complexity index is 1010. The quantitative estimate of drug-likeness (QED) is 0.340. The van der Waals surface area contributed by atoms with Gasteiger partial charge in [-0.2, -0.15) is 0 Å². The standard InChI is InChI=1S/C30H44N2O6/c1-21(2)32(30(33)24-11-12-27(35-6)28(16-24)36-14-8-13-34-5)19-25-17-31-18-29(25)37-20-23-9-7-10-26(15-23)38-22(3)4/h7,9-12,15-16,21-22,25,29,31H,8,13-14,17-20H2,1-6H3/t25-,29+/m0/s1. The lowest BCUT2D eigenvalue weighted by Crippen LogP contribution is -2.43. The van der Waals surface area contributed by atoms with E-state index in [2.05, 4.69) is 5.32 Å². The van der Waals surface area contributed by atoms with E-state index in [0.29, 0.717) is 43.4 Å². The molecule has 0 spiro atoms. The van der Waals surface area contributed by atoms with Crippen LogP contribution in [0.1, 0.15) is 50.0 Å². The Morgan fingerprint density at radius 1 is 1.03 bits per heavy atom. The number of rotatable bonds is 15. The number of ether oxygens (including phenoxy) is 5. The Labute approximate surface area is 227 Å². The van der Waals surface area contributed by atoms with Crippen molar-refractivity contribution in [3.8, 4) is 17.2 Å². The lowest BCUT2D eigenvalue weighted by molar-refractivity contribution is 0.0128. The minimum atomic E-state index is -0.0337. The van der Waals surface area contributed by atoms with Crippen LogP contribution in [-0.4, -0.2) is 76.1 Å². The third-order valence-corrected chi connectivity index (χ3v) is 6.49. The Morgan fingerprint density at radius 2 is 1.84 bits per heavy atom. The minimum Gasteiger partial charge on any atom is -0.493 e. The van der Waals surface area contributed by atoms with Crippen molar-refractivity contribution < 1.29 is 28.5 Å². The monoisotopic (exact) mass is 528 g/mol. The molecule has 1 aliphatic rings. The molecule has 8 heteroatoms. The molecule has 1 fully saturated rings. The normalized spacial score (nSPS) is 17.2. The molecular weight excluding hydrogens is 484 g/mol. The van der Waals surface area contributed by atoms with Crippen LogP contribution in [0.25, 0.3) is 0 Å². The van der Waals surface area contributed by atoms with E-state index in [1.165, 1.54) is 0 Å². The van der Waals surface area contributed by atoms with Gasteiger partial charge in [0.2, 0.25) is 0 Å². The maximum absolute atomic E-state index is 13.6. The molecule has 2 aromatic rings. The Morgan fingerprint density at radius 3 is 2.55 bits per heavy atom. The van der Waals surface area contributed by atoms with Gasteiger partial charge in [0.05, 0.1) is 32.5 Å². The number of carbonyl (C=O) groups is 1. The van der Waals surface area contributed by atoms with Gasteiger partial charge in [-0.15, -0.1) is 0 Å². The van der Waals surface area contributed by atoms with Gasteiger partial charge in [-0.05, 0) is 63.6 Å². The first-order valence-electron chi connectivity index (χ1n) is 13.5. The average molecular weight is 529 g/mol. The number of amides is 1. The van der Waals surface area contributed by atoms with Crippen LogP contribution < -0.4 is 19.5 Å². The van der Waals surface area contributed by atoms with Crippen LogP contribution in [0.5, 0.6) is 17.2 Å². The van der Waals surface area contributed by atoms with Crippen LogP contribution in [-0.2, 0) is 16.1 Å². The maximum Gasteiger partial charge on any atom is 0.254 e. The summed E-state index contributed by atoms with van der Waals surface area (Å²) in [6.45, 7) is 11.9. The third kappa shape index (κ3) is 8.61. The van der Waals surface area contributed by atoms with Crippen molar-refractivity contribution in [3.05, 3.63) is 53.6 Å². The highest BCUT2D eigenvalue weighted by Gasteiger charge is 2.32. The topological polar surface area (TPSA) is 78.5 Å². The van der Waals surface area contributed by atoms with Crippen molar-refractivity contribution in [3.63, 3.8) is 0 Å². The van der Waals surface area contributed by atoms with Gasteiger partial charge in [0, 0.05) is 57.3 Å². The molecule has 1 N–H and O–H groups in total. The van der Waals surface area contributed by atoms with Gasteiger partial charge in [-0.25, -0.2) is 0 Å². The summed E-state index contributed by atoms with van der Waals surface area (Å²) in [5.41, 5.74) is 1.65. The van der Waals surface area contributed by atoms with Crippen molar-refractivity contribution in [2.24, 2.45) is 5.92 Å². The second-order valence-electron chi connectivity index (χ2n) is 10.2. The SMILES string of the molecule is COCCCOc1cc(C(=O)N(C[C@@H]2CNC[C@H]2OCc2cccc(OC(C)C)c2)C(C)C)ccc1OC. The number of carbonyl (C=O) groups excluding carboxylic acids is 1. The number of hydrogen-bond donors (Lipinski definition) is 1. The lowest BCUT2D eigenvalue weighted by atomic mass is 10.0. The van der Waals surface area contributed by atoms with Gasteiger partial charge >= 0.3 is 0 Å². The fraction of sp³-hybridized carbons (Fsp3) is 0.567. The van der Waals surface area contributed by atoms with E-state index in [1.807, 2.05) is 56.9 Å². The number of nitrogens with one attached hydrogen (secondary N) is 1. The zero-order valence-electron chi connectivity index (χ0n) is 23.7. The smallest absolute Gasteiger partial charge is 0.254 e. The van der Waals surface area contributed by atoms with Gasteiger partial charge < -0.3 is 33.9 Å². The molecule has 38 heavy (non-hydrogen) atoms. The highest BCUT2D eigenvalue weighted by molar-refractivity contribution is 5.95. The molecule has 1 heterocycles. The zero-order valence-corrected chi connectivity index (χ0v) is 23.7. The van der Waals surface area contributed by atoms with Crippen LogP contribution in [0.4, 0.5) is 0 Å². The summed E-state index contributed by atoms with van der Waals surface area (Å²) < 4.78 is 28.6. The molecular formula is C30H44N2O6. The molecule has 2 aromatic carbocycles. The fourth-order valence-electron chi connectivity index (χ4n) is 4.52. The lowest BCUT2D eigenvalue weighted by Gasteiger charge is -2.31. The summed E-state index contributed by atoms with van der Waals surface area (Å²) in [6.07, 6.45) is 0.883. The highest BCUT2D eigenvalue weighted by Crippen LogP contribution is 2.29. The van der Waals surface area contributed by atoms with Crippen molar-refractivity contribution in [2.45, 2.75) is 59.0 Å². The number of hydrogen-bond acceptors (Lipinski definition) is 7. The van der Waals surface area contributed by atoms with Gasteiger partial charge in [0.1, 0.15) is 5.75 Å². The average Bonchev–Trinajstić information content (AvgIpc) is 3.34. The summed E-state index contributed by atoms with van der Waals surface area (Å²) in [5, 5.41) is 3.44. The Balaban J connectivity index is 1.65. The first kappa shape index (κ1) is 29.7. The van der Waals surface area contributed by atoms with Crippen LogP contribution in [0, 0.1) is 5.92 Å². The van der Waals surface area contributed by atoms with Crippen LogP contribution in [0.15, 0.2) is 42.5 Å². The molecule has 8 nitrogen and oxygen atoms in total. The van der Waals surface area contributed by atoms with Crippen LogP contribution >= 0.6 is 0 Å². The summed E-state index contributed by atoms with van der Waals surface area (Å²) >= 11 is 0. The molecule has 1 aliphatic heterocycles. The molecule has 0 radical (unpaired) electrons. The molecule has 3 rings (SSSR count). The van der Waals surface area contributed by atoms with Gasteiger partial charge in [0.25, 0.3) is 5.91 Å². The van der Waals surface area contributed by atoms with Gasteiger partial charge in [-0.3, -0.25) is 4.79 Å². The molecule has 0 aliphatic carbocycles. The van der Waals surface area contributed by atoms with Crippen LogP contribution in [0.2, 0.25) is 0 Å². The predicted molar refractivity (Wildman–Crippen MR) is 148 cm³/mol. The molecule has 0 aromatic heterocycles. The van der Waals surface area contributed by atoms with E-state index in [0.717, 1.165) is 30.8 Å². The van der Waals surface area contributed by atoms with Gasteiger partial charge in [0.15, 0.2) is 11.5 Å². The molecule has 210 valence electrons. The largest absolute Gasteiger partial charge is 0.493 e.